The fourth-order valence-electron chi connectivity index (χ4n) is 5.26. The van der Waals surface area contributed by atoms with Crippen LogP contribution in [0.4, 0.5) is 0 Å². The Balaban J connectivity index is 1.80. The lowest BCUT2D eigenvalue weighted by molar-refractivity contribution is 0.313. The summed E-state index contributed by atoms with van der Waals surface area (Å²) < 4.78 is 0. The van der Waals surface area contributed by atoms with Crippen LogP contribution in [-0.4, -0.2) is 10.2 Å². The second kappa shape index (κ2) is 9.58. The van der Waals surface area contributed by atoms with Crippen LogP contribution >= 0.6 is 46.4 Å². The van der Waals surface area contributed by atoms with Gasteiger partial charge in [-0.2, -0.15) is 0 Å². The summed E-state index contributed by atoms with van der Waals surface area (Å²) in [7, 11) is 0. The summed E-state index contributed by atoms with van der Waals surface area (Å²) in [5, 5.41) is 21.1. The highest BCUT2D eigenvalue weighted by Gasteiger charge is 2.40. The molecule has 0 amide bonds. The summed E-state index contributed by atoms with van der Waals surface area (Å²) in [4.78, 5) is 0. The summed E-state index contributed by atoms with van der Waals surface area (Å²) in [6.45, 7) is 4.46. The zero-order valence-corrected chi connectivity index (χ0v) is 21.5. The average molecular weight is 524 g/mol. The van der Waals surface area contributed by atoms with E-state index in [0.717, 1.165) is 36.8 Å². The van der Waals surface area contributed by atoms with E-state index in [4.69, 9.17) is 46.4 Å². The number of aromatic hydroxyl groups is 2. The van der Waals surface area contributed by atoms with Crippen molar-refractivity contribution in [2.75, 3.05) is 0 Å². The van der Waals surface area contributed by atoms with Crippen molar-refractivity contribution in [3.63, 3.8) is 0 Å². The number of hydrogen-bond acceptors (Lipinski definition) is 2. The Labute approximate surface area is 215 Å². The Morgan fingerprint density at radius 1 is 0.758 bits per heavy atom. The van der Waals surface area contributed by atoms with E-state index in [0.29, 0.717) is 11.8 Å². The zero-order valence-electron chi connectivity index (χ0n) is 18.5. The van der Waals surface area contributed by atoms with Gasteiger partial charge < -0.3 is 10.2 Å². The van der Waals surface area contributed by atoms with Crippen LogP contribution < -0.4 is 0 Å². The molecule has 0 heterocycles. The van der Waals surface area contributed by atoms with Gasteiger partial charge in [-0.3, -0.25) is 0 Å². The van der Waals surface area contributed by atoms with Crippen LogP contribution in [0, 0.1) is 0 Å². The molecule has 0 saturated heterocycles. The molecular weight excluding hydrogens is 498 g/mol. The quantitative estimate of drug-likeness (QED) is 0.357. The Morgan fingerprint density at radius 3 is 1.61 bits per heavy atom. The first-order valence-electron chi connectivity index (χ1n) is 11.1. The Morgan fingerprint density at radius 2 is 1.18 bits per heavy atom. The molecule has 1 saturated carbocycles. The molecule has 0 bridgehead atoms. The molecule has 0 aliphatic heterocycles. The van der Waals surface area contributed by atoms with E-state index in [2.05, 4.69) is 38.1 Å². The standard InChI is InChI=1S/C27H26Cl4O2/c1-15(2)19-5-3-4-6-20(19)16-7-9-27(10-8-16,17-11-21(28)25(32)22(29)12-17)18-13-23(30)26(33)24(31)14-18/h3-6,11-16,32-33H,7-10H2,1-2H3. The first kappa shape index (κ1) is 24.5. The van der Waals surface area contributed by atoms with Gasteiger partial charge in [-0.25, -0.2) is 0 Å². The number of halogens is 4. The molecular formula is C27H26Cl4O2. The van der Waals surface area contributed by atoms with E-state index in [1.54, 1.807) is 24.3 Å². The fraction of sp³-hybridized carbons (Fsp3) is 0.333. The molecule has 33 heavy (non-hydrogen) atoms. The first-order valence-corrected chi connectivity index (χ1v) is 12.6. The maximum Gasteiger partial charge on any atom is 0.152 e. The van der Waals surface area contributed by atoms with Gasteiger partial charge in [-0.1, -0.05) is 84.5 Å². The van der Waals surface area contributed by atoms with E-state index in [-0.39, 0.29) is 31.6 Å². The third kappa shape index (κ3) is 4.56. The second-order valence-corrected chi connectivity index (χ2v) is 10.8. The number of phenols is 2. The van der Waals surface area contributed by atoms with E-state index < -0.39 is 5.41 Å². The minimum Gasteiger partial charge on any atom is -0.505 e. The molecule has 0 radical (unpaired) electrons. The maximum atomic E-state index is 10.1. The van der Waals surface area contributed by atoms with Gasteiger partial charge in [0.1, 0.15) is 0 Å². The summed E-state index contributed by atoms with van der Waals surface area (Å²) in [6, 6.07) is 15.8. The highest BCUT2D eigenvalue weighted by atomic mass is 35.5. The van der Waals surface area contributed by atoms with Crippen LogP contribution in [0.1, 0.15) is 73.6 Å². The number of hydrogen-bond donors (Lipinski definition) is 2. The SMILES string of the molecule is CC(C)c1ccccc1C1CCC(c2cc(Cl)c(O)c(Cl)c2)(c2cc(Cl)c(O)c(Cl)c2)CC1. The first-order chi connectivity index (χ1) is 15.6. The van der Waals surface area contributed by atoms with Gasteiger partial charge in [0, 0.05) is 5.41 Å². The van der Waals surface area contributed by atoms with Crippen molar-refractivity contribution in [1.82, 2.24) is 0 Å². The molecule has 174 valence electrons. The smallest absolute Gasteiger partial charge is 0.152 e. The highest BCUT2D eigenvalue weighted by Crippen LogP contribution is 2.53. The molecule has 1 aliphatic carbocycles. The lowest BCUT2D eigenvalue weighted by atomic mass is 9.62. The molecule has 6 heteroatoms. The zero-order chi connectivity index (χ0) is 23.9. The summed E-state index contributed by atoms with van der Waals surface area (Å²) in [5.74, 6) is 0.636. The lowest BCUT2D eigenvalue weighted by Crippen LogP contribution is -2.33. The topological polar surface area (TPSA) is 40.5 Å². The minimum absolute atomic E-state index is 0.126. The van der Waals surface area contributed by atoms with Gasteiger partial charge in [0.25, 0.3) is 0 Å². The van der Waals surface area contributed by atoms with E-state index in [9.17, 15) is 10.2 Å². The summed E-state index contributed by atoms with van der Waals surface area (Å²) in [5.41, 5.74) is 4.16. The van der Waals surface area contributed by atoms with Crippen molar-refractivity contribution < 1.29 is 10.2 Å². The fourth-order valence-corrected chi connectivity index (χ4v) is 6.23. The minimum atomic E-state index is -0.453. The molecule has 3 aromatic carbocycles. The van der Waals surface area contributed by atoms with Crippen molar-refractivity contribution in [2.45, 2.75) is 56.8 Å². The molecule has 0 spiro atoms. The average Bonchev–Trinajstić information content (AvgIpc) is 2.80. The third-order valence-electron chi connectivity index (χ3n) is 7.04. The van der Waals surface area contributed by atoms with Gasteiger partial charge in [-0.15, -0.1) is 0 Å². The molecule has 1 aliphatic rings. The molecule has 4 rings (SSSR count). The van der Waals surface area contributed by atoms with Crippen molar-refractivity contribution >= 4 is 46.4 Å². The molecule has 0 aromatic heterocycles. The maximum absolute atomic E-state index is 10.1. The predicted molar refractivity (Wildman–Crippen MR) is 139 cm³/mol. The van der Waals surface area contributed by atoms with Gasteiger partial charge in [0.05, 0.1) is 20.1 Å². The number of phenolic OH excluding ortho intramolecular Hbond substituents is 2. The Hall–Kier alpha value is -1.58. The van der Waals surface area contributed by atoms with Crippen molar-refractivity contribution in [1.29, 1.82) is 0 Å². The van der Waals surface area contributed by atoms with E-state index in [1.807, 2.05) is 0 Å². The van der Waals surface area contributed by atoms with Crippen LogP contribution in [0.15, 0.2) is 48.5 Å². The third-order valence-corrected chi connectivity index (χ3v) is 8.19. The molecule has 3 aromatic rings. The monoisotopic (exact) mass is 522 g/mol. The van der Waals surface area contributed by atoms with Crippen molar-refractivity contribution in [3.05, 3.63) is 90.9 Å². The molecule has 0 unspecified atom stereocenters. The van der Waals surface area contributed by atoms with Crippen LogP contribution in [0.3, 0.4) is 0 Å². The van der Waals surface area contributed by atoms with Gasteiger partial charge in [0.2, 0.25) is 0 Å². The molecule has 2 nitrogen and oxygen atoms in total. The highest BCUT2D eigenvalue weighted by molar-refractivity contribution is 6.37. The second-order valence-electron chi connectivity index (χ2n) is 9.22. The van der Waals surface area contributed by atoms with Crippen molar-refractivity contribution in [2.24, 2.45) is 0 Å². The van der Waals surface area contributed by atoms with Crippen LogP contribution in [0.2, 0.25) is 20.1 Å². The van der Waals surface area contributed by atoms with Gasteiger partial charge in [-0.05, 0) is 84.0 Å². The van der Waals surface area contributed by atoms with Crippen LogP contribution in [0.5, 0.6) is 11.5 Å². The normalized spacial score (nSPS) is 16.3. The van der Waals surface area contributed by atoms with E-state index in [1.165, 1.54) is 11.1 Å². The molecule has 2 N–H and O–H groups in total. The summed E-state index contributed by atoms with van der Waals surface area (Å²) >= 11 is 25.3. The van der Waals surface area contributed by atoms with Gasteiger partial charge in [0.15, 0.2) is 11.5 Å². The molecule has 1 fully saturated rings. The predicted octanol–water partition coefficient (Wildman–Crippen LogP) is 9.48. The lowest BCUT2D eigenvalue weighted by Gasteiger charge is -2.42. The van der Waals surface area contributed by atoms with E-state index >= 15 is 0 Å². The largest absolute Gasteiger partial charge is 0.505 e. The van der Waals surface area contributed by atoms with Crippen LogP contribution in [0.25, 0.3) is 0 Å². The Kier molecular flexibility index (Phi) is 7.13. The van der Waals surface area contributed by atoms with Crippen molar-refractivity contribution in [3.8, 4) is 11.5 Å². The number of benzene rings is 3. The number of rotatable bonds is 4. The van der Waals surface area contributed by atoms with Gasteiger partial charge >= 0.3 is 0 Å². The Bertz CT molecular complexity index is 1070. The summed E-state index contributed by atoms with van der Waals surface area (Å²) in [6.07, 6.45) is 3.55. The van der Waals surface area contributed by atoms with Crippen LogP contribution in [-0.2, 0) is 5.41 Å². The molecule has 0 atom stereocenters.